The van der Waals surface area contributed by atoms with Gasteiger partial charge in [-0.1, -0.05) is 12.1 Å². The standard InChI is InChI=1S/C18H21N5O2/c1-11-19-16(21-22(11)2)12-4-3-5-13(8-12)18(25)23-9-14-6-7-15(10-23)20-17(14)24/h3-5,8,14-15H,6-7,9-10H2,1-2H3,(H,20,24)/t14-,15+/m1/s1. The molecule has 0 aliphatic carbocycles. The van der Waals surface area contributed by atoms with Gasteiger partial charge in [-0.2, -0.15) is 5.10 Å². The fraction of sp³-hybridized carbons (Fsp3) is 0.444. The minimum Gasteiger partial charge on any atom is -0.351 e. The average molecular weight is 339 g/mol. The SMILES string of the molecule is Cc1nc(-c2cccc(C(=O)N3C[C@@H]4CC[C@H](C3)C(=O)N4)c2)nn1C. The zero-order chi connectivity index (χ0) is 17.6. The first-order valence-electron chi connectivity index (χ1n) is 8.59. The van der Waals surface area contributed by atoms with Gasteiger partial charge in [0.05, 0.1) is 5.92 Å². The molecule has 7 nitrogen and oxygen atoms in total. The quantitative estimate of drug-likeness (QED) is 0.890. The highest BCUT2D eigenvalue weighted by atomic mass is 16.2. The zero-order valence-electron chi connectivity index (χ0n) is 14.4. The molecular formula is C18H21N5O2. The Morgan fingerprint density at radius 3 is 2.84 bits per heavy atom. The summed E-state index contributed by atoms with van der Waals surface area (Å²) in [7, 11) is 1.85. The number of nitrogens with one attached hydrogen (secondary N) is 1. The predicted octanol–water partition coefficient (Wildman–Crippen LogP) is 1.14. The van der Waals surface area contributed by atoms with Crippen LogP contribution in [-0.4, -0.2) is 50.6 Å². The van der Waals surface area contributed by atoms with Crippen LogP contribution < -0.4 is 5.32 Å². The molecule has 2 bridgehead atoms. The van der Waals surface area contributed by atoms with E-state index in [0.717, 1.165) is 24.2 Å². The zero-order valence-corrected chi connectivity index (χ0v) is 14.4. The van der Waals surface area contributed by atoms with Crippen molar-refractivity contribution < 1.29 is 9.59 Å². The minimum absolute atomic E-state index is 0.0390. The van der Waals surface area contributed by atoms with Gasteiger partial charge in [-0.25, -0.2) is 4.98 Å². The fourth-order valence-corrected chi connectivity index (χ4v) is 3.57. The normalized spacial score (nSPS) is 22.6. The average Bonchev–Trinajstić information content (AvgIpc) is 2.78. The molecule has 5 rings (SSSR count). The van der Waals surface area contributed by atoms with Crippen molar-refractivity contribution in [1.29, 1.82) is 0 Å². The highest BCUT2D eigenvalue weighted by Gasteiger charge is 2.36. The van der Waals surface area contributed by atoms with Gasteiger partial charge in [-0.15, -0.1) is 0 Å². The van der Waals surface area contributed by atoms with E-state index in [-0.39, 0.29) is 23.8 Å². The second-order valence-corrected chi connectivity index (χ2v) is 6.88. The van der Waals surface area contributed by atoms with Crippen molar-refractivity contribution in [2.45, 2.75) is 25.8 Å². The number of rotatable bonds is 2. The Morgan fingerprint density at radius 2 is 2.12 bits per heavy atom. The second-order valence-electron chi connectivity index (χ2n) is 6.88. The number of hydrogen-bond donors (Lipinski definition) is 1. The minimum atomic E-state index is -0.0917. The summed E-state index contributed by atoms with van der Waals surface area (Å²) in [6.45, 7) is 2.96. The first-order chi connectivity index (χ1) is 12.0. The van der Waals surface area contributed by atoms with Crippen molar-refractivity contribution >= 4 is 11.8 Å². The maximum absolute atomic E-state index is 13.0. The van der Waals surface area contributed by atoms with Gasteiger partial charge in [0, 0.05) is 37.3 Å². The molecule has 3 aliphatic heterocycles. The maximum Gasteiger partial charge on any atom is 0.253 e. The topological polar surface area (TPSA) is 80.1 Å². The van der Waals surface area contributed by atoms with Crippen LogP contribution >= 0.6 is 0 Å². The van der Waals surface area contributed by atoms with E-state index in [2.05, 4.69) is 15.4 Å². The third-order valence-corrected chi connectivity index (χ3v) is 5.10. The Balaban J connectivity index is 1.60. The highest BCUT2D eigenvalue weighted by Crippen LogP contribution is 2.25. The van der Waals surface area contributed by atoms with Crippen LogP contribution in [-0.2, 0) is 11.8 Å². The summed E-state index contributed by atoms with van der Waals surface area (Å²) in [5.41, 5.74) is 1.43. The van der Waals surface area contributed by atoms with Crippen molar-refractivity contribution in [2.24, 2.45) is 13.0 Å². The van der Waals surface area contributed by atoms with Crippen LogP contribution in [0.1, 0.15) is 29.0 Å². The summed E-state index contributed by atoms with van der Waals surface area (Å²) in [5, 5.41) is 7.38. The lowest BCUT2D eigenvalue weighted by molar-refractivity contribution is -0.126. The lowest BCUT2D eigenvalue weighted by Gasteiger charge is -2.23. The van der Waals surface area contributed by atoms with Gasteiger partial charge in [0.2, 0.25) is 5.91 Å². The van der Waals surface area contributed by atoms with Crippen LogP contribution in [0.5, 0.6) is 0 Å². The van der Waals surface area contributed by atoms with Gasteiger partial charge in [0.1, 0.15) is 5.82 Å². The number of benzene rings is 1. The molecule has 1 N–H and O–H groups in total. The smallest absolute Gasteiger partial charge is 0.253 e. The van der Waals surface area contributed by atoms with Crippen molar-refractivity contribution in [3.8, 4) is 11.4 Å². The Bertz CT molecular complexity index is 824. The summed E-state index contributed by atoms with van der Waals surface area (Å²) >= 11 is 0. The molecule has 0 radical (unpaired) electrons. The van der Waals surface area contributed by atoms with E-state index < -0.39 is 0 Å². The molecule has 130 valence electrons. The molecule has 2 amide bonds. The second kappa shape index (κ2) is 5.98. The third kappa shape index (κ3) is 2.90. The van der Waals surface area contributed by atoms with Crippen LogP contribution in [0.3, 0.4) is 0 Å². The molecule has 25 heavy (non-hydrogen) atoms. The molecule has 1 aromatic carbocycles. The molecule has 3 aliphatic rings. The van der Waals surface area contributed by atoms with E-state index in [0.29, 0.717) is 24.5 Å². The summed E-state index contributed by atoms with van der Waals surface area (Å²) in [5.74, 6) is 1.38. The van der Waals surface area contributed by atoms with Gasteiger partial charge < -0.3 is 10.2 Å². The molecule has 4 heterocycles. The molecule has 2 atom stereocenters. The number of hydrogen-bond acceptors (Lipinski definition) is 4. The number of carbonyl (C=O) groups is 2. The number of aromatic nitrogens is 3. The van der Waals surface area contributed by atoms with Crippen LogP contribution in [0.25, 0.3) is 11.4 Å². The lowest BCUT2D eigenvalue weighted by Crippen LogP contribution is -2.43. The number of carbonyl (C=O) groups excluding carboxylic acids is 2. The molecule has 0 unspecified atom stereocenters. The Labute approximate surface area is 146 Å². The molecule has 7 heteroatoms. The van der Waals surface area contributed by atoms with Crippen LogP contribution in [0, 0.1) is 12.8 Å². The maximum atomic E-state index is 13.0. The van der Waals surface area contributed by atoms with E-state index in [1.165, 1.54) is 0 Å². The Hall–Kier alpha value is -2.70. The van der Waals surface area contributed by atoms with Gasteiger partial charge in [0.25, 0.3) is 5.91 Å². The largest absolute Gasteiger partial charge is 0.351 e. The van der Waals surface area contributed by atoms with E-state index in [1.54, 1.807) is 9.58 Å². The number of piperidine rings is 1. The van der Waals surface area contributed by atoms with Crippen molar-refractivity contribution in [3.63, 3.8) is 0 Å². The molecule has 3 fully saturated rings. The van der Waals surface area contributed by atoms with Crippen LogP contribution in [0.2, 0.25) is 0 Å². The molecular weight excluding hydrogens is 318 g/mol. The van der Waals surface area contributed by atoms with E-state index in [1.807, 2.05) is 38.2 Å². The molecule has 2 aromatic rings. The van der Waals surface area contributed by atoms with Crippen LogP contribution in [0.4, 0.5) is 0 Å². The van der Waals surface area contributed by atoms with Gasteiger partial charge in [-0.05, 0) is 31.9 Å². The molecule has 0 spiro atoms. The first-order valence-corrected chi connectivity index (χ1v) is 8.59. The lowest BCUT2D eigenvalue weighted by atomic mass is 9.96. The number of nitrogens with zero attached hydrogens (tertiary/aromatic N) is 4. The summed E-state index contributed by atoms with van der Waals surface area (Å²) in [4.78, 5) is 31.2. The van der Waals surface area contributed by atoms with Gasteiger partial charge in [-0.3, -0.25) is 14.3 Å². The predicted molar refractivity (Wildman–Crippen MR) is 91.7 cm³/mol. The number of amides is 2. The van der Waals surface area contributed by atoms with Crippen molar-refractivity contribution in [2.75, 3.05) is 13.1 Å². The monoisotopic (exact) mass is 339 g/mol. The van der Waals surface area contributed by atoms with Crippen molar-refractivity contribution in [3.05, 3.63) is 35.7 Å². The Morgan fingerprint density at radius 1 is 1.28 bits per heavy atom. The third-order valence-electron chi connectivity index (χ3n) is 5.10. The van der Waals surface area contributed by atoms with Crippen molar-refractivity contribution in [1.82, 2.24) is 25.0 Å². The Kier molecular flexibility index (Phi) is 3.78. The fourth-order valence-electron chi connectivity index (χ4n) is 3.57. The summed E-state index contributed by atoms with van der Waals surface area (Å²) < 4.78 is 1.72. The highest BCUT2D eigenvalue weighted by molar-refractivity contribution is 5.96. The number of fused-ring (bicyclic) bond motifs is 4. The first kappa shape index (κ1) is 15.8. The van der Waals surface area contributed by atoms with Gasteiger partial charge >= 0.3 is 0 Å². The molecule has 0 saturated carbocycles. The van der Waals surface area contributed by atoms with E-state index >= 15 is 0 Å². The van der Waals surface area contributed by atoms with E-state index in [4.69, 9.17) is 0 Å². The summed E-state index contributed by atoms with van der Waals surface area (Å²) in [6.07, 6.45) is 1.80. The van der Waals surface area contributed by atoms with E-state index in [9.17, 15) is 9.59 Å². The summed E-state index contributed by atoms with van der Waals surface area (Å²) in [6, 6.07) is 7.47. The van der Waals surface area contributed by atoms with Gasteiger partial charge in [0.15, 0.2) is 5.82 Å². The molecule has 3 saturated heterocycles. The molecule has 1 aromatic heterocycles. The van der Waals surface area contributed by atoms with Crippen LogP contribution in [0.15, 0.2) is 24.3 Å². The number of aryl methyl sites for hydroxylation is 2.